The number of aliphatic hydroxyl groups is 2. The molecule has 0 aromatic heterocycles. The highest BCUT2D eigenvalue weighted by atomic mass is 31.2. The molecule has 0 fully saturated rings. The number of rotatable bonds is 70. The Kier molecular flexibility index (Phi) is 70.4. The van der Waals surface area contributed by atoms with Crippen LogP contribution in [0, 0.1) is 0 Å². The van der Waals surface area contributed by atoms with Crippen LogP contribution in [0.3, 0.4) is 0 Å². The van der Waals surface area contributed by atoms with Gasteiger partial charge in [0.15, 0.2) is 6.10 Å². The molecule has 0 saturated heterocycles. The number of hydrogen-bond donors (Lipinski definition) is 4. The summed E-state index contributed by atoms with van der Waals surface area (Å²) in [6, 6.07) is 0. The maximum atomic E-state index is 13.0. The summed E-state index contributed by atoms with van der Waals surface area (Å²) >= 11 is 0. The summed E-state index contributed by atoms with van der Waals surface area (Å²) in [7, 11) is -9.83. The van der Waals surface area contributed by atoms with Crippen LogP contribution in [0.4, 0.5) is 0 Å². The van der Waals surface area contributed by atoms with Crippen LogP contribution in [0.15, 0.2) is 182 Å². The Morgan fingerprint density at radius 2 is 0.535 bits per heavy atom. The Balaban J connectivity index is 4.73. The number of esters is 3. The first kappa shape index (κ1) is 95.6. The number of carbonyl (C=O) groups excluding carboxylic acids is 3. The van der Waals surface area contributed by atoms with Gasteiger partial charge in [-0.25, -0.2) is 9.13 Å². The molecule has 572 valence electrons. The van der Waals surface area contributed by atoms with Crippen molar-refractivity contribution in [3.8, 4) is 0 Å². The van der Waals surface area contributed by atoms with E-state index in [1.54, 1.807) is 0 Å². The van der Waals surface area contributed by atoms with Crippen LogP contribution in [0.25, 0.3) is 0 Å². The van der Waals surface area contributed by atoms with Gasteiger partial charge in [-0.3, -0.25) is 32.5 Å². The predicted octanol–water partition coefficient (Wildman–Crippen LogP) is 22.2. The topological polar surface area (TPSA) is 231 Å². The highest BCUT2D eigenvalue weighted by Gasteiger charge is 2.29. The van der Waals surface area contributed by atoms with Crippen LogP contribution in [0.1, 0.15) is 265 Å². The molecular weight excluding hydrogens is 1310 g/mol. The van der Waals surface area contributed by atoms with Gasteiger partial charge in [0.05, 0.1) is 26.4 Å². The van der Waals surface area contributed by atoms with Gasteiger partial charge in [0, 0.05) is 19.3 Å². The van der Waals surface area contributed by atoms with Gasteiger partial charge in [0.25, 0.3) is 0 Å². The molecule has 5 unspecified atom stereocenters. The zero-order chi connectivity index (χ0) is 73.7. The van der Waals surface area contributed by atoms with Crippen molar-refractivity contribution in [2.24, 2.45) is 0 Å². The Morgan fingerprint density at radius 3 is 0.861 bits per heavy atom. The third-order valence-corrected chi connectivity index (χ3v) is 17.0. The average molecular weight is 1450 g/mol. The van der Waals surface area contributed by atoms with Gasteiger partial charge in [-0.05, 0) is 154 Å². The van der Waals surface area contributed by atoms with Crippen molar-refractivity contribution in [2.75, 3.05) is 39.6 Å². The number of aliphatic hydroxyl groups excluding tert-OH is 2. The van der Waals surface area contributed by atoms with E-state index in [0.717, 1.165) is 173 Å². The molecular formula is C83H134O16P2. The number of phosphoric ester groups is 2. The second-order valence-electron chi connectivity index (χ2n) is 24.7. The standard InChI is InChI=1S/C83H134O16P2/c1-4-7-10-13-16-19-22-25-28-31-33-35-37-38-40-42-43-46-48-51-54-57-60-63-66-69-81(86)93-72-78(84)73-95-100(89,90)96-74-79(85)75-97-101(91,92)98-77-80(99-83(88)71-68-65-62-59-56-53-50-45-30-27-24-21-18-15-12-9-6-3)76-94-82(87)70-67-64-61-58-55-52-49-47-44-41-39-36-34-32-29-26-23-20-17-14-11-8-5-2/h7,9-10,12,16-21,25-30,33-36,38,40-41,43-44,46,50,53,59,62,78-80,84-85H,4-6,8,11,13-15,22-24,31-32,37,39,42,45,47-49,51-52,54-58,60-61,63-77H2,1-3H3,(H,89,90)(H,91,92)/b10-7-,12-9-,19-16-,20-17-,21-18-,28-25-,29-26-,30-27-,35-33-,36-34-,40-38-,44-41-,46-43-,53-50-,62-59-. The minimum Gasteiger partial charge on any atom is -0.463 e. The van der Waals surface area contributed by atoms with E-state index in [2.05, 4.69) is 191 Å². The quantitative estimate of drug-likeness (QED) is 0.0146. The van der Waals surface area contributed by atoms with Gasteiger partial charge in [-0.15, -0.1) is 0 Å². The fourth-order valence-corrected chi connectivity index (χ4v) is 10.9. The van der Waals surface area contributed by atoms with Gasteiger partial charge < -0.3 is 34.2 Å². The number of phosphoric acid groups is 2. The summed E-state index contributed by atoms with van der Waals surface area (Å²) in [6.45, 7) is 2.30. The van der Waals surface area contributed by atoms with E-state index in [1.165, 1.54) is 25.7 Å². The van der Waals surface area contributed by atoms with Crippen molar-refractivity contribution in [3.05, 3.63) is 182 Å². The molecule has 0 radical (unpaired) electrons. The van der Waals surface area contributed by atoms with Crippen molar-refractivity contribution in [3.63, 3.8) is 0 Å². The molecule has 0 saturated carbocycles. The molecule has 0 heterocycles. The minimum absolute atomic E-state index is 0.0163. The lowest BCUT2D eigenvalue weighted by atomic mass is 10.1. The van der Waals surface area contributed by atoms with Crippen LogP contribution in [-0.4, -0.2) is 95.9 Å². The molecule has 0 aromatic carbocycles. The van der Waals surface area contributed by atoms with E-state index < -0.39 is 91.5 Å². The minimum atomic E-state index is -4.96. The van der Waals surface area contributed by atoms with Gasteiger partial charge in [-0.1, -0.05) is 274 Å². The number of allylic oxidation sites excluding steroid dienone is 30. The van der Waals surface area contributed by atoms with Crippen LogP contribution in [-0.2, 0) is 55.8 Å². The molecule has 101 heavy (non-hydrogen) atoms. The summed E-state index contributed by atoms with van der Waals surface area (Å²) in [5, 5.41) is 20.6. The van der Waals surface area contributed by atoms with Crippen molar-refractivity contribution in [1.82, 2.24) is 0 Å². The van der Waals surface area contributed by atoms with Crippen molar-refractivity contribution >= 4 is 33.6 Å². The molecule has 4 N–H and O–H groups in total. The molecule has 5 atom stereocenters. The zero-order valence-electron chi connectivity index (χ0n) is 62.2. The molecule has 0 amide bonds. The second kappa shape index (κ2) is 74.4. The zero-order valence-corrected chi connectivity index (χ0v) is 64.0. The van der Waals surface area contributed by atoms with E-state index in [0.29, 0.717) is 25.7 Å². The molecule has 0 aromatic rings. The van der Waals surface area contributed by atoms with Crippen LogP contribution in [0.5, 0.6) is 0 Å². The van der Waals surface area contributed by atoms with E-state index in [-0.39, 0.29) is 19.3 Å². The van der Waals surface area contributed by atoms with Crippen LogP contribution in [0.2, 0.25) is 0 Å². The lowest BCUT2D eigenvalue weighted by molar-refractivity contribution is -0.161. The monoisotopic (exact) mass is 1450 g/mol. The fourth-order valence-electron chi connectivity index (χ4n) is 9.36. The number of ether oxygens (including phenoxy) is 3. The Hall–Kier alpha value is -5.35. The molecule has 18 heteroatoms. The van der Waals surface area contributed by atoms with Crippen molar-refractivity contribution in [2.45, 2.75) is 283 Å². The van der Waals surface area contributed by atoms with E-state index >= 15 is 0 Å². The smallest absolute Gasteiger partial charge is 0.463 e. The summed E-state index contributed by atoms with van der Waals surface area (Å²) in [6.07, 6.45) is 95.1. The predicted molar refractivity (Wildman–Crippen MR) is 417 cm³/mol. The maximum absolute atomic E-state index is 13.0. The van der Waals surface area contributed by atoms with Crippen LogP contribution < -0.4 is 0 Å². The average Bonchev–Trinajstić information content (AvgIpc) is 0.946. The summed E-state index contributed by atoms with van der Waals surface area (Å²) in [5.41, 5.74) is 0. The highest BCUT2D eigenvalue weighted by molar-refractivity contribution is 7.47. The molecule has 0 bridgehead atoms. The lowest BCUT2D eigenvalue weighted by Crippen LogP contribution is -2.30. The second-order valence-corrected chi connectivity index (χ2v) is 27.6. The maximum Gasteiger partial charge on any atom is 0.472 e. The number of carbonyl (C=O) groups is 3. The van der Waals surface area contributed by atoms with E-state index in [1.807, 2.05) is 12.2 Å². The van der Waals surface area contributed by atoms with Gasteiger partial charge >= 0.3 is 33.6 Å². The Bertz CT molecular complexity index is 2570. The molecule has 0 aliphatic heterocycles. The summed E-state index contributed by atoms with van der Waals surface area (Å²) in [4.78, 5) is 58.6. The first-order valence-electron chi connectivity index (χ1n) is 38.1. The first-order chi connectivity index (χ1) is 49.2. The Morgan fingerprint density at radius 1 is 0.287 bits per heavy atom. The number of unbranched alkanes of at least 4 members (excludes halogenated alkanes) is 17. The fraction of sp³-hybridized carbons (Fsp3) is 0.602. The lowest BCUT2D eigenvalue weighted by Gasteiger charge is -2.21. The van der Waals surface area contributed by atoms with E-state index in [4.69, 9.17) is 32.3 Å². The van der Waals surface area contributed by atoms with Gasteiger partial charge in [0.1, 0.15) is 25.4 Å². The first-order valence-corrected chi connectivity index (χ1v) is 41.1. The third kappa shape index (κ3) is 75.6. The van der Waals surface area contributed by atoms with E-state index in [9.17, 15) is 43.5 Å². The van der Waals surface area contributed by atoms with Crippen LogP contribution >= 0.6 is 15.6 Å². The largest absolute Gasteiger partial charge is 0.472 e. The molecule has 0 aliphatic carbocycles. The summed E-state index contributed by atoms with van der Waals surface area (Å²) < 4.78 is 61.0. The van der Waals surface area contributed by atoms with Gasteiger partial charge in [0.2, 0.25) is 0 Å². The van der Waals surface area contributed by atoms with Crippen molar-refractivity contribution < 1.29 is 75.8 Å². The third-order valence-electron chi connectivity index (χ3n) is 15.1. The molecule has 16 nitrogen and oxygen atoms in total. The Labute approximate surface area is 611 Å². The normalized spacial score (nSPS) is 15.0. The molecule has 0 spiro atoms. The number of hydrogen-bond acceptors (Lipinski definition) is 14. The SMILES string of the molecule is CC/C=C\C/C=C\C/C=C\C/C=C\C/C=C\C/C=C\CCCCCCCCC(=O)OCC(O)COP(=O)(O)OCC(O)COP(=O)(O)OCC(COC(=O)CCCCCCCCC/C=C\C/C=C\C/C=C\C/C=C\CCCCC)OC(=O)CCC/C=C\C/C=C\C/C=C\C/C=C\C/C=C\CC. The van der Waals surface area contributed by atoms with Crippen molar-refractivity contribution in [1.29, 1.82) is 0 Å². The van der Waals surface area contributed by atoms with Gasteiger partial charge in [-0.2, -0.15) is 0 Å². The molecule has 0 aliphatic rings. The molecule has 0 rings (SSSR count). The summed E-state index contributed by atoms with van der Waals surface area (Å²) in [5.74, 6) is -1.68. The highest BCUT2D eigenvalue weighted by Crippen LogP contribution is 2.45.